The molecular weight excluding hydrogens is 297 g/mol. The molecule has 116 valence electrons. The van der Waals surface area contributed by atoms with Crippen LogP contribution >= 0.6 is 8.53 Å². The van der Waals surface area contributed by atoms with Crippen LogP contribution in [0.1, 0.15) is 18.2 Å². The van der Waals surface area contributed by atoms with Crippen molar-refractivity contribution in [2.45, 2.75) is 31.8 Å². The van der Waals surface area contributed by atoms with E-state index < -0.39 is 20.4 Å². The van der Waals surface area contributed by atoms with Crippen LogP contribution in [0.25, 0.3) is 0 Å². The van der Waals surface area contributed by atoms with Crippen molar-refractivity contribution in [1.29, 1.82) is 0 Å². The second kappa shape index (κ2) is 5.62. The molecule has 0 amide bonds. The monoisotopic (exact) mass is 315 g/mol. The first kappa shape index (κ1) is 14.9. The maximum Gasteiger partial charge on any atom is 0.330 e. The Morgan fingerprint density at radius 3 is 2.86 bits per heavy atom. The number of nitrogens with zero attached hydrogens (tertiary/aromatic N) is 2. The zero-order valence-electron chi connectivity index (χ0n) is 12.1. The van der Waals surface area contributed by atoms with Gasteiger partial charge in [-0.1, -0.05) is 0 Å². The number of ether oxygens (including phenoxy) is 1. The first-order valence-corrected chi connectivity index (χ1v) is 7.83. The summed E-state index contributed by atoms with van der Waals surface area (Å²) in [5, 5.41) is 0. The summed E-state index contributed by atoms with van der Waals surface area (Å²) < 4.78 is 20.6. The smallest absolute Gasteiger partial charge is 0.330 e. The third-order valence-electron chi connectivity index (χ3n) is 3.54. The molecule has 4 unspecified atom stereocenters. The number of aromatic nitrogens is 2. The summed E-state index contributed by atoms with van der Waals surface area (Å²) >= 11 is 0. The molecule has 1 N–H and O–H groups in total. The van der Waals surface area contributed by atoms with Gasteiger partial charge >= 0.3 is 5.69 Å². The molecule has 9 heteroatoms. The van der Waals surface area contributed by atoms with Crippen LogP contribution in [-0.4, -0.2) is 47.1 Å². The first-order chi connectivity index (χ1) is 9.95. The van der Waals surface area contributed by atoms with Gasteiger partial charge in [-0.2, -0.15) is 0 Å². The third kappa shape index (κ3) is 2.82. The molecule has 2 saturated heterocycles. The van der Waals surface area contributed by atoms with E-state index in [1.165, 1.54) is 10.8 Å². The quantitative estimate of drug-likeness (QED) is 0.792. The average molecular weight is 315 g/mol. The van der Waals surface area contributed by atoms with Gasteiger partial charge in [0.05, 0.1) is 12.7 Å². The summed E-state index contributed by atoms with van der Waals surface area (Å²) in [5.41, 5.74) is -0.367. The molecule has 21 heavy (non-hydrogen) atoms. The van der Waals surface area contributed by atoms with Gasteiger partial charge in [-0.05, 0) is 21.0 Å². The Hall–Kier alpha value is -1.05. The predicted octanol–water partition coefficient (Wildman–Crippen LogP) is 0.336. The van der Waals surface area contributed by atoms with E-state index >= 15 is 0 Å². The van der Waals surface area contributed by atoms with Crippen LogP contribution in [0.5, 0.6) is 0 Å². The molecule has 0 saturated carbocycles. The number of rotatable bonds is 2. The van der Waals surface area contributed by atoms with Gasteiger partial charge in [-0.25, -0.2) is 9.46 Å². The number of H-pyrrole nitrogens is 1. The van der Waals surface area contributed by atoms with Crippen molar-refractivity contribution in [3.63, 3.8) is 0 Å². The lowest BCUT2D eigenvalue weighted by Gasteiger charge is -2.32. The fraction of sp³-hybridized carbons (Fsp3) is 0.667. The van der Waals surface area contributed by atoms with Crippen LogP contribution in [0, 0.1) is 6.92 Å². The van der Waals surface area contributed by atoms with Crippen LogP contribution in [0.15, 0.2) is 15.8 Å². The molecule has 2 aliphatic heterocycles. The predicted molar refractivity (Wildman–Crippen MR) is 76.0 cm³/mol. The highest BCUT2D eigenvalue weighted by Gasteiger charge is 2.43. The Bertz CT molecular complexity index is 643. The molecule has 2 aliphatic rings. The largest absolute Gasteiger partial charge is 0.349 e. The summed E-state index contributed by atoms with van der Waals surface area (Å²) in [7, 11) is 2.73. The Balaban J connectivity index is 1.80. The Kier molecular flexibility index (Phi) is 3.98. The van der Waals surface area contributed by atoms with E-state index in [9.17, 15) is 9.59 Å². The molecule has 2 fully saturated rings. The van der Waals surface area contributed by atoms with E-state index in [0.29, 0.717) is 18.6 Å². The Morgan fingerprint density at radius 2 is 2.14 bits per heavy atom. The van der Waals surface area contributed by atoms with Crippen molar-refractivity contribution < 1.29 is 13.8 Å². The molecule has 0 aromatic carbocycles. The van der Waals surface area contributed by atoms with Gasteiger partial charge in [0.1, 0.15) is 12.3 Å². The molecule has 8 nitrogen and oxygen atoms in total. The van der Waals surface area contributed by atoms with Crippen LogP contribution in [0.2, 0.25) is 0 Å². The highest BCUT2D eigenvalue weighted by Crippen LogP contribution is 2.49. The van der Waals surface area contributed by atoms with Gasteiger partial charge in [-0.3, -0.25) is 14.3 Å². The number of aryl methyl sites for hydroxylation is 1. The normalized spacial score (nSPS) is 32.4. The van der Waals surface area contributed by atoms with Crippen LogP contribution in [0.3, 0.4) is 0 Å². The van der Waals surface area contributed by atoms with E-state index in [1.54, 1.807) is 6.92 Å². The highest BCUT2D eigenvalue weighted by molar-refractivity contribution is 7.44. The van der Waals surface area contributed by atoms with Crippen molar-refractivity contribution in [1.82, 2.24) is 14.2 Å². The number of fused-ring (bicyclic) bond motifs is 1. The van der Waals surface area contributed by atoms with Gasteiger partial charge in [-0.15, -0.1) is 0 Å². The summed E-state index contributed by atoms with van der Waals surface area (Å²) in [6.07, 6.45) is 1.36. The average Bonchev–Trinajstić information content (AvgIpc) is 2.85. The molecule has 3 rings (SSSR count). The SMILES string of the molecule is Cc1cn(C2CC3OP(N(C)C)OCC3O2)c(=O)[nH]c1=O. The fourth-order valence-corrected chi connectivity index (χ4v) is 3.63. The number of hydrogen-bond acceptors (Lipinski definition) is 6. The summed E-state index contributed by atoms with van der Waals surface area (Å²) in [6, 6.07) is 0. The first-order valence-electron chi connectivity index (χ1n) is 6.70. The lowest BCUT2D eigenvalue weighted by molar-refractivity contribution is -0.0562. The van der Waals surface area contributed by atoms with Crippen molar-refractivity contribution in [2.75, 3.05) is 20.7 Å². The Labute approximate surface area is 122 Å². The minimum Gasteiger partial charge on any atom is -0.349 e. The number of nitrogens with one attached hydrogen (secondary N) is 1. The molecule has 0 bridgehead atoms. The highest BCUT2D eigenvalue weighted by atomic mass is 31.2. The zero-order valence-corrected chi connectivity index (χ0v) is 13.0. The van der Waals surface area contributed by atoms with Crippen molar-refractivity contribution in [3.8, 4) is 0 Å². The van der Waals surface area contributed by atoms with E-state index in [-0.39, 0.29) is 17.8 Å². The molecule has 3 heterocycles. The minimum absolute atomic E-state index is 0.101. The van der Waals surface area contributed by atoms with Crippen molar-refractivity contribution in [3.05, 3.63) is 32.6 Å². The molecule has 0 spiro atoms. The fourth-order valence-electron chi connectivity index (χ4n) is 2.43. The van der Waals surface area contributed by atoms with Crippen molar-refractivity contribution in [2.24, 2.45) is 0 Å². The van der Waals surface area contributed by atoms with E-state index in [1.807, 2.05) is 18.8 Å². The van der Waals surface area contributed by atoms with Gasteiger partial charge in [0.25, 0.3) is 14.1 Å². The summed E-state index contributed by atoms with van der Waals surface area (Å²) in [6.45, 7) is 2.10. The number of aromatic amines is 1. The molecular formula is C12H18N3O5P. The topological polar surface area (TPSA) is 85.8 Å². The van der Waals surface area contributed by atoms with E-state index in [2.05, 4.69) is 4.98 Å². The van der Waals surface area contributed by atoms with Gasteiger partial charge in [0.15, 0.2) is 0 Å². The lowest BCUT2D eigenvalue weighted by Crippen LogP contribution is -2.34. The maximum absolute atomic E-state index is 11.9. The molecule has 0 radical (unpaired) electrons. The lowest BCUT2D eigenvalue weighted by atomic mass is 10.2. The molecule has 4 atom stereocenters. The van der Waals surface area contributed by atoms with Crippen LogP contribution in [0.4, 0.5) is 0 Å². The van der Waals surface area contributed by atoms with Gasteiger partial charge in [0, 0.05) is 18.2 Å². The zero-order chi connectivity index (χ0) is 15.1. The molecule has 0 aliphatic carbocycles. The second-order valence-electron chi connectivity index (χ2n) is 5.37. The number of hydrogen-bond donors (Lipinski definition) is 1. The van der Waals surface area contributed by atoms with Crippen LogP contribution in [-0.2, 0) is 13.8 Å². The summed E-state index contributed by atoms with van der Waals surface area (Å²) in [5.74, 6) is 0. The molecule has 1 aromatic rings. The second-order valence-corrected chi connectivity index (χ2v) is 7.11. The van der Waals surface area contributed by atoms with E-state index in [0.717, 1.165) is 0 Å². The molecule has 1 aromatic heterocycles. The van der Waals surface area contributed by atoms with E-state index in [4.69, 9.17) is 13.8 Å². The standard InChI is InChI=1S/C12H18N3O5P/c1-7-5-15(12(17)13-11(7)16)10-4-8-9(19-10)6-18-21(20-8)14(2)3/h5,8-10H,4,6H2,1-3H3,(H,13,16,17). The van der Waals surface area contributed by atoms with Gasteiger partial charge in [0.2, 0.25) is 0 Å². The van der Waals surface area contributed by atoms with Gasteiger partial charge < -0.3 is 13.8 Å². The Morgan fingerprint density at radius 1 is 1.38 bits per heavy atom. The third-order valence-corrected chi connectivity index (χ3v) is 5.01. The summed E-state index contributed by atoms with van der Waals surface area (Å²) in [4.78, 5) is 25.6. The maximum atomic E-state index is 11.9. The van der Waals surface area contributed by atoms with Crippen LogP contribution < -0.4 is 11.2 Å². The van der Waals surface area contributed by atoms with Crippen molar-refractivity contribution >= 4 is 8.53 Å². The minimum atomic E-state index is -1.06.